The van der Waals surface area contributed by atoms with Crippen LogP contribution >= 0.6 is 0 Å². The quantitative estimate of drug-likeness (QED) is 0.530. The summed E-state index contributed by atoms with van der Waals surface area (Å²) in [5.41, 5.74) is 1.89. The van der Waals surface area contributed by atoms with E-state index in [1.807, 2.05) is 38.1 Å². The third kappa shape index (κ3) is 5.35. The van der Waals surface area contributed by atoms with Crippen molar-refractivity contribution in [1.29, 1.82) is 0 Å². The molecule has 1 aromatic heterocycles. The molecule has 0 aliphatic carbocycles. The minimum atomic E-state index is -3.64. The second-order valence-corrected chi connectivity index (χ2v) is 9.71. The number of benzene rings is 2. The van der Waals surface area contributed by atoms with Gasteiger partial charge < -0.3 is 15.4 Å². The fourth-order valence-corrected chi connectivity index (χ4v) is 5.25. The SMILES string of the molecule is C[C@@H]1CN(S(=O)(=O)c2ccc(NC(=O)CNc3ccccc3-n3cnnn3)cc2)C[C@H](C)O1. The number of carbonyl (C=O) groups excluding carboxylic acids is 1. The Morgan fingerprint density at radius 3 is 2.45 bits per heavy atom. The number of amides is 1. The van der Waals surface area contributed by atoms with E-state index < -0.39 is 10.0 Å². The van der Waals surface area contributed by atoms with Gasteiger partial charge in [0.15, 0.2) is 0 Å². The normalized spacial score (nSPS) is 19.2. The van der Waals surface area contributed by atoms with E-state index in [-0.39, 0.29) is 29.6 Å². The molecule has 0 unspecified atom stereocenters. The molecule has 1 aliphatic rings. The van der Waals surface area contributed by atoms with Gasteiger partial charge in [-0.1, -0.05) is 12.1 Å². The lowest BCUT2D eigenvalue weighted by Crippen LogP contribution is -2.48. The summed E-state index contributed by atoms with van der Waals surface area (Å²) in [4.78, 5) is 12.6. The van der Waals surface area contributed by atoms with E-state index >= 15 is 0 Å². The number of nitrogens with one attached hydrogen (secondary N) is 2. The maximum absolute atomic E-state index is 13.0. The van der Waals surface area contributed by atoms with Gasteiger partial charge in [-0.25, -0.2) is 8.42 Å². The van der Waals surface area contributed by atoms with Crippen LogP contribution in [0.1, 0.15) is 13.8 Å². The van der Waals surface area contributed by atoms with Crippen LogP contribution in [-0.2, 0) is 19.6 Å². The standard InChI is InChI=1S/C21H25N7O4S/c1-15-12-27(13-16(2)32-15)33(30,31)18-9-7-17(8-10-18)24-21(29)11-22-19-5-3-4-6-20(19)28-14-23-25-26-28/h3-10,14-16,22H,11-13H2,1-2H3,(H,24,29)/t15-,16+. The van der Waals surface area contributed by atoms with Crippen molar-refractivity contribution in [3.8, 4) is 5.69 Å². The van der Waals surface area contributed by atoms with Crippen molar-refractivity contribution in [2.45, 2.75) is 31.0 Å². The molecule has 0 spiro atoms. The molecule has 11 nitrogen and oxygen atoms in total. The van der Waals surface area contributed by atoms with Crippen molar-refractivity contribution in [3.05, 3.63) is 54.9 Å². The highest BCUT2D eigenvalue weighted by Gasteiger charge is 2.32. The Morgan fingerprint density at radius 2 is 1.79 bits per heavy atom. The van der Waals surface area contributed by atoms with Crippen LogP contribution in [0.4, 0.5) is 11.4 Å². The van der Waals surface area contributed by atoms with Crippen LogP contribution in [0, 0.1) is 0 Å². The minimum Gasteiger partial charge on any atom is -0.374 e. The summed E-state index contributed by atoms with van der Waals surface area (Å²) in [7, 11) is -3.64. The lowest BCUT2D eigenvalue weighted by atomic mass is 10.2. The fourth-order valence-electron chi connectivity index (χ4n) is 3.66. The summed E-state index contributed by atoms with van der Waals surface area (Å²) in [5, 5.41) is 16.9. The van der Waals surface area contributed by atoms with Crippen LogP contribution in [-0.4, -0.2) is 70.7 Å². The van der Waals surface area contributed by atoms with Gasteiger partial charge in [0.25, 0.3) is 0 Å². The van der Waals surface area contributed by atoms with Gasteiger partial charge >= 0.3 is 0 Å². The van der Waals surface area contributed by atoms with Crippen LogP contribution in [0.15, 0.2) is 59.8 Å². The van der Waals surface area contributed by atoms with Crippen molar-refractivity contribution in [1.82, 2.24) is 24.5 Å². The topological polar surface area (TPSA) is 131 Å². The largest absolute Gasteiger partial charge is 0.374 e. The highest BCUT2D eigenvalue weighted by molar-refractivity contribution is 7.89. The molecule has 2 atom stereocenters. The third-order valence-electron chi connectivity index (χ3n) is 5.10. The Kier molecular flexibility index (Phi) is 6.67. The van der Waals surface area contributed by atoms with E-state index in [1.165, 1.54) is 27.4 Å². The van der Waals surface area contributed by atoms with Gasteiger partial charge in [-0.2, -0.15) is 8.99 Å². The molecule has 3 aromatic rings. The molecule has 1 aliphatic heterocycles. The molecule has 2 aromatic carbocycles. The number of nitrogens with zero attached hydrogens (tertiary/aromatic N) is 5. The maximum atomic E-state index is 13.0. The van der Waals surface area contributed by atoms with Crippen molar-refractivity contribution in [2.24, 2.45) is 0 Å². The Balaban J connectivity index is 1.37. The third-order valence-corrected chi connectivity index (χ3v) is 6.95. The molecule has 174 valence electrons. The summed E-state index contributed by atoms with van der Waals surface area (Å²) >= 11 is 0. The highest BCUT2D eigenvalue weighted by atomic mass is 32.2. The van der Waals surface area contributed by atoms with Gasteiger partial charge in [0, 0.05) is 18.8 Å². The molecule has 1 fully saturated rings. The molecular formula is C21H25N7O4S. The molecular weight excluding hydrogens is 446 g/mol. The number of aromatic nitrogens is 4. The van der Waals surface area contributed by atoms with Crippen LogP contribution in [0.5, 0.6) is 0 Å². The molecule has 2 heterocycles. The van der Waals surface area contributed by atoms with E-state index in [0.717, 1.165) is 0 Å². The number of para-hydroxylation sites is 2. The van der Waals surface area contributed by atoms with E-state index in [2.05, 4.69) is 26.2 Å². The number of morpholine rings is 1. The number of tetrazole rings is 1. The van der Waals surface area contributed by atoms with E-state index in [4.69, 9.17) is 4.74 Å². The second-order valence-electron chi connectivity index (χ2n) is 7.78. The zero-order valence-corrected chi connectivity index (χ0v) is 19.1. The Bertz CT molecular complexity index is 1190. The first-order valence-electron chi connectivity index (χ1n) is 10.4. The Labute approximate surface area is 191 Å². The number of rotatable bonds is 7. The van der Waals surface area contributed by atoms with Crippen LogP contribution in [0.2, 0.25) is 0 Å². The first-order valence-corrected chi connectivity index (χ1v) is 11.9. The maximum Gasteiger partial charge on any atom is 0.243 e. The van der Waals surface area contributed by atoms with E-state index in [1.54, 1.807) is 12.1 Å². The first-order chi connectivity index (χ1) is 15.8. The van der Waals surface area contributed by atoms with Gasteiger partial charge in [0.05, 0.1) is 35.0 Å². The Hall–Kier alpha value is -3.35. The predicted molar refractivity (Wildman–Crippen MR) is 121 cm³/mol. The number of ether oxygens (including phenoxy) is 1. The summed E-state index contributed by atoms with van der Waals surface area (Å²) in [5.74, 6) is -0.284. The number of hydrogen-bond acceptors (Lipinski definition) is 8. The van der Waals surface area contributed by atoms with Crippen molar-refractivity contribution in [2.75, 3.05) is 30.3 Å². The summed E-state index contributed by atoms with van der Waals surface area (Å²) < 4.78 is 34.5. The minimum absolute atomic E-state index is 0.00272. The zero-order chi connectivity index (χ0) is 23.4. The lowest BCUT2D eigenvalue weighted by Gasteiger charge is -2.34. The monoisotopic (exact) mass is 471 g/mol. The number of hydrogen-bond donors (Lipinski definition) is 2. The molecule has 1 amide bonds. The molecule has 33 heavy (non-hydrogen) atoms. The van der Waals surface area contributed by atoms with Crippen LogP contribution in [0.3, 0.4) is 0 Å². The van der Waals surface area contributed by atoms with Crippen LogP contribution < -0.4 is 10.6 Å². The Morgan fingerprint density at radius 1 is 1.09 bits per heavy atom. The number of carbonyl (C=O) groups is 1. The van der Waals surface area contributed by atoms with E-state index in [9.17, 15) is 13.2 Å². The summed E-state index contributed by atoms with van der Waals surface area (Å²) in [6.07, 6.45) is 1.13. The number of anilines is 2. The summed E-state index contributed by atoms with van der Waals surface area (Å²) in [6.45, 7) is 4.33. The van der Waals surface area contributed by atoms with Gasteiger partial charge in [0.2, 0.25) is 15.9 Å². The van der Waals surface area contributed by atoms with Crippen molar-refractivity contribution < 1.29 is 17.9 Å². The molecule has 2 N–H and O–H groups in total. The van der Waals surface area contributed by atoms with Crippen LogP contribution in [0.25, 0.3) is 5.69 Å². The highest BCUT2D eigenvalue weighted by Crippen LogP contribution is 2.23. The zero-order valence-electron chi connectivity index (χ0n) is 18.2. The molecule has 0 radical (unpaired) electrons. The molecule has 4 rings (SSSR count). The van der Waals surface area contributed by atoms with Gasteiger partial charge in [0.1, 0.15) is 6.33 Å². The average molecular weight is 472 g/mol. The first kappa shape index (κ1) is 22.8. The van der Waals surface area contributed by atoms with Gasteiger partial charge in [-0.3, -0.25) is 4.79 Å². The smallest absolute Gasteiger partial charge is 0.243 e. The number of sulfonamides is 1. The second kappa shape index (κ2) is 9.65. The van der Waals surface area contributed by atoms with E-state index in [0.29, 0.717) is 30.2 Å². The van der Waals surface area contributed by atoms with Crippen molar-refractivity contribution in [3.63, 3.8) is 0 Å². The lowest BCUT2D eigenvalue weighted by molar-refractivity contribution is -0.114. The van der Waals surface area contributed by atoms with Gasteiger partial charge in [-0.05, 0) is 60.7 Å². The van der Waals surface area contributed by atoms with Gasteiger partial charge in [-0.15, -0.1) is 5.10 Å². The fraction of sp³-hybridized carbons (Fsp3) is 0.333. The summed E-state index contributed by atoms with van der Waals surface area (Å²) in [6, 6.07) is 13.5. The molecule has 1 saturated heterocycles. The molecule has 0 bridgehead atoms. The predicted octanol–water partition coefficient (Wildman–Crippen LogP) is 1.51. The average Bonchev–Trinajstić information content (AvgIpc) is 3.32. The van der Waals surface area contributed by atoms with Crippen molar-refractivity contribution >= 4 is 27.3 Å². The molecule has 12 heteroatoms. The molecule has 0 saturated carbocycles.